The van der Waals surface area contributed by atoms with Crippen LogP contribution < -0.4 is 9.64 Å². The number of carbonyl (C=O) groups excluding carboxylic acids is 1. The number of benzene rings is 3. The van der Waals surface area contributed by atoms with Gasteiger partial charge in [0.15, 0.2) is 5.82 Å². The average Bonchev–Trinajstić information content (AvgIpc) is 3.69. The Kier molecular flexibility index (Phi) is 7.94. The molecule has 0 unspecified atom stereocenters. The number of phenols is 1. The third-order valence-electron chi connectivity index (χ3n) is 10.8. The van der Waals surface area contributed by atoms with Crippen LogP contribution in [0.15, 0.2) is 36.4 Å². The van der Waals surface area contributed by atoms with E-state index in [2.05, 4.69) is 16.0 Å². The van der Waals surface area contributed by atoms with Gasteiger partial charge in [-0.15, -0.1) is 0 Å². The van der Waals surface area contributed by atoms with Gasteiger partial charge >= 0.3 is 12.1 Å². The highest BCUT2D eigenvalue weighted by atomic mass is 19.1. The Labute approximate surface area is 293 Å². The second-order valence-corrected chi connectivity index (χ2v) is 15.3. The molecule has 4 aliphatic rings. The maximum atomic E-state index is 17.0. The number of nitriles is 1. The van der Waals surface area contributed by atoms with Gasteiger partial charge in [-0.3, -0.25) is 9.80 Å². The van der Waals surface area contributed by atoms with Crippen LogP contribution in [-0.2, 0) is 4.74 Å². The molecule has 51 heavy (non-hydrogen) atoms. The maximum absolute atomic E-state index is 17.0. The lowest BCUT2D eigenvalue weighted by Crippen LogP contribution is -2.57. The Morgan fingerprint density at radius 1 is 1.12 bits per heavy atom. The molecule has 0 saturated carbocycles. The predicted octanol–water partition coefficient (Wildman–Crippen LogP) is 6.85. The number of fused-ring (bicyclic) bond motifs is 5. The van der Waals surface area contributed by atoms with E-state index in [1.54, 1.807) is 23.1 Å². The van der Waals surface area contributed by atoms with Crippen molar-refractivity contribution >= 4 is 33.6 Å². The van der Waals surface area contributed by atoms with E-state index in [4.69, 9.17) is 14.5 Å². The molecule has 1 amide bonds. The maximum Gasteiger partial charge on any atom is 0.410 e. The number of ether oxygens (including phenoxy) is 2. The van der Waals surface area contributed by atoms with Crippen molar-refractivity contribution in [2.24, 2.45) is 0 Å². The molecule has 10 nitrogen and oxygen atoms in total. The normalized spacial score (nSPS) is 24.7. The number of alkyl halides is 1. The van der Waals surface area contributed by atoms with Gasteiger partial charge in [-0.25, -0.2) is 18.0 Å². The molecule has 0 spiro atoms. The molecule has 4 fully saturated rings. The van der Waals surface area contributed by atoms with Crippen LogP contribution in [0.25, 0.3) is 32.8 Å². The highest BCUT2D eigenvalue weighted by Gasteiger charge is 2.50. The van der Waals surface area contributed by atoms with Crippen molar-refractivity contribution in [3.63, 3.8) is 0 Å². The van der Waals surface area contributed by atoms with Crippen molar-refractivity contribution in [3.05, 3.63) is 53.6 Å². The molecular weight excluding hydrogens is 661 g/mol. The number of aromatic nitrogens is 2. The molecule has 4 atom stereocenters. The number of hydrogen-bond acceptors (Lipinski definition) is 9. The molecule has 2 bridgehead atoms. The van der Waals surface area contributed by atoms with Gasteiger partial charge in [-0.05, 0) is 82.7 Å². The Morgan fingerprint density at radius 3 is 2.61 bits per heavy atom. The predicted molar refractivity (Wildman–Crippen MR) is 184 cm³/mol. The van der Waals surface area contributed by atoms with E-state index in [1.807, 2.05) is 25.7 Å². The quantitative estimate of drug-likeness (QED) is 0.239. The standard InChI is InChI=1S/C38H39F3N6O4/c1-37(2,3)51-36(49)47-24-8-9-25(47)19-45(18-24)34-28-14-29(40)31(27-13-26(48)12-21-6-4-7-22(16-42)30(21)27)32(41)33(28)43-35(44-34)50-20-38-10-5-11-46(38)17-23(39)15-38/h4,6-7,12-14,23-25,48H,5,8-11,15,17-20H2,1-3H3/t23-,24-,25+,38+/m1/s1. The minimum absolute atomic E-state index is 0.00568. The number of aromatic hydroxyl groups is 1. The van der Waals surface area contributed by atoms with Crippen LogP contribution in [0.3, 0.4) is 0 Å². The van der Waals surface area contributed by atoms with Crippen LogP contribution in [0, 0.1) is 23.0 Å². The van der Waals surface area contributed by atoms with Gasteiger partial charge < -0.3 is 19.5 Å². The fourth-order valence-electron chi connectivity index (χ4n) is 8.75. The summed E-state index contributed by atoms with van der Waals surface area (Å²) in [5.74, 6) is -1.89. The molecule has 1 N–H and O–H groups in total. The number of halogens is 3. The lowest BCUT2D eigenvalue weighted by molar-refractivity contribution is 0.0122. The van der Waals surface area contributed by atoms with Gasteiger partial charge in [0.25, 0.3) is 0 Å². The minimum atomic E-state index is -1.00. The summed E-state index contributed by atoms with van der Waals surface area (Å²) in [6.45, 7) is 7.34. The van der Waals surface area contributed by atoms with E-state index in [0.717, 1.165) is 32.2 Å². The van der Waals surface area contributed by atoms with Crippen molar-refractivity contribution in [3.8, 4) is 29.0 Å². The number of amides is 1. The number of rotatable bonds is 5. The molecule has 5 heterocycles. The molecule has 3 aromatic carbocycles. The summed E-state index contributed by atoms with van der Waals surface area (Å²) in [6.07, 6.45) is 2.06. The van der Waals surface area contributed by atoms with E-state index in [9.17, 15) is 19.6 Å². The van der Waals surface area contributed by atoms with Gasteiger partial charge in [-0.1, -0.05) is 12.1 Å². The summed E-state index contributed by atoms with van der Waals surface area (Å²) in [5, 5.41) is 21.3. The molecule has 1 aromatic heterocycles. The number of piperazine rings is 1. The van der Waals surface area contributed by atoms with Crippen LogP contribution in [-0.4, -0.2) is 93.1 Å². The van der Waals surface area contributed by atoms with E-state index < -0.39 is 40.6 Å². The summed E-state index contributed by atoms with van der Waals surface area (Å²) < 4.78 is 60.0. The zero-order valence-corrected chi connectivity index (χ0v) is 28.8. The van der Waals surface area contributed by atoms with Crippen LogP contribution >= 0.6 is 0 Å². The number of carbonyl (C=O) groups is 1. The van der Waals surface area contributed by atoms with E-state index in [-0.39, 0.29) is 63.7 Å². The Morgan fingerprint density at radius 2 is 1.88 bits per heavy atom. The van der Waals surface area contributed by atoms with Crippen molar-refractivity contribution in [2.75, 3.05) is 37.7 Å². The zero-order valence-electron chi connectivity index (χ0n) is 28.8. The second-order valence-electron chi connectivity index (χ2n) is 15.3. The summed E-state index contributed by atoms with van der Waals surface area (Å²) in [7, 11) is 0. The number of nitrogens with zero attached hydrogens (tertiary/aromatic N) is 6. The number of hydrogen-bond donors (Lipinski definition) is 1. The van der Waals surface area contributed by atoms with E-state index in [0.29, 0.717) is 31.4 Å². The molecule has 4 aromatic rings. The number of anilines is 1. The van der Waals surface area contributed by atoms with Crippen molar-refractivity contribution in [1.29, 1.82) is 5.26 Å². The molecule has 13 heteroatoms. The van der Waals surface area contributed by atoms with Gasteiger partial charge in [0, 0.05) is 42.4 Å². The molecule has 4 aliphatic heterocycles. The van der Waals surface area contributed by atoms with Crippen molar-refractivity contribution in [1.82, 2.24) is 19.8 Å². The highest BCUT2D eigenvalue weighted by Crippen LogP contribution is 2.44. The van der Waals surface area contributed by atoms with Crippen LogP contribution in [0.5, 0.6) is 11.8 Å². The molecular formula is C38H39F3N6O4. The smallest absolute Gasteiger partial charge is 0.410 e. The first kappa shape index (κ1) is 33.3. The SMILES string of the molecule is CC(C)(C)OC(=O)N1[C@@H]2CC[C@H]1CN(c1nc(OC[C@@]34CCCN3C[C@H](F)C4)nc3c(F)c(-c4cc(O)cc5cccc(C#N)c45)c(F)cc13)C2. The third kappa shape index (κ3) is 5.73. The van der Waals surface area contributed by atoms with E-state index >= 15 is 8.78 Å². The largest absolute Gasteiger partial charge is 0.508 e. The monoisotopic (exact) mass is 700 g/mol. The Bertz CT molecular complexity index is 2100. The third-order valence-corrected chi connectivity index (χ3v) is 10.8. The lowest BCUT2D eigenvalue weighted by atomic mass is 9.93. The van der Waals surface area contributed by atoms with E-state index in [1.165, 1.54) is 18.2 Å². The Balaban J connectivity index is 1.25. The van der Waals surface area contributed by atoms with Gasteiger partial charge in [0.1, 0.15) is 41.3 Å². The zero-order chi connectivity index (χ0) is 35.8. The molecule has 266 valence electrons. The topological polar surface area (TPSA) is 115 Å². The molecule has 0 aliphatic carbocycles. The van der Waals surface area contributed by atoms with Gasteiger partial charge in [0.05, 0.1) is 34.8 Å². The van der Waals surface area contributed by atoms with Crippen LogP contribution in [0.2, 0.25) is 0 Å². The highest BCUT2D eigenvalue weighted by molar-refractivity contribution is 6.04. The fraction of sp³-hybridized carbons (Fsp3) is 0.474. The van der Waals surface area contributed by atoms with Crippen LogP contribution in [0.1, 0.15) is 58.4 Å². The lowest BCUT2D eigenvalue weighted by Gasteiger charge is -2.42. The van der Waals surface area contributed by atoms with Crippen LogP contribution in [0.4, 0.5) is 23.8 Å². The molecule has 4 saturated heterocycles. The summed E-state index contributed by atoms with van der Waals surface area (Å²) in [6, 6.07) is 10.2. The second kappa shape index (κ2) is 12.1. The number of phenolic OH excluding ortho intramolecular Hbond substituents is 1. The summed E-state index contributed by atoms with van der Waals surface area (Å²) in [5.41, 5.74) is -1.64. The minimum Gasteiger partial charge on any atom is -0.508 e. The summed E-state index contributed by atoms with van der Waals surface area (Å²) >= 11 is 0. The average molecular weight is 701 g/mol. The first-order valence-corrected chi connectivity index (χ1v) is 17.5. The van der Waals surface area contributed by atoms with Crippen molar-refractivity contribution < 1.29 is 32.5 Å². The summed E-state index contributed by atoms with van der Waals surface area (Å²) in [4.78, 5) is 28.2. The first-order valence-electron chi connectivity index (χ1n) is 17.5. The fourth-order valence-corrected chi connectivity index (χ4v) is 8.75. The van der Waals surface area contributed by atoms with Gasteiger partial charge in [0.2, 0.25) is 0 Å². The molecule has 8 rings (SSSR count). The first-order chi connectivity index (χ1) is 24.3. The van der Waals surface area contributed by atoms with Gasteiger partial charge in [-0.2, -0.15) is 15.2 Å². The van der Waals surface area contributed by atoms with Crippen molar-refractivity contribution in [2.45, 2.75) is 82.3 Å². The molecule has 0 radical (unpaired) electrons. The Hall–Kier alpha value is -4.83.